The molecule has 0 bridgehead atoms. The van der Waals surface area contributed by atoms with Crippen molar-refractivity contribution in [3.63, 3.8) is 0 Å². The number of aromatic amines is 1. The lowest BCUT2D eigenvalue weighted by Gasteiger charge is -2.02. The molecule has 0 amide bonds. The van der Waals surface area contributed by atoms with Crippen molar-refractivity contribution in [2.75, 3.05) is 0 Å². The average Bonchev–Trinajstić information content (AvgIpc) is 2.54. The van der Waals surface area contributed by atoms with Crippen LogP contribution in [0.15, 0.2) is 4.79 Å². The third-order valence-corrected chi connectivity index (χ3v) is 2.47. The molecule has 3 heteroatoms. The summed E-state index contributed by atoms with van der Waals surface area (Å²) in [7, 11) is 0. The minimum atomic E-state index is 0.0136. The Balaban J connectivity index is 2.64. The molecule has 0 spiro atoms. The molecule has 2 rings (SSSR count). The summed E-state index contributed by atoms with van der Waals surface area (Å²) in [5.41, 5.74) is 3.27. The van der Waals surface area contributed by atoms with Crippen LogP contribution in [0, 0.1) is 0 Å². The maximum atomic E-state index is 11.3. The maximum Gasteiger partial charge on any atom is 0.267 e. The summed E-state index contributed by atoms with van der Waals surface area (Å²) in [4.78, 5) is 11.3. The van der Waals surface area contributed by atoms with Crippen molar-refractivity contribution in [2.45, 2.75) is 32.6 Å². The Bertz CT molecular complexity index is 354. The van der Waals surface area contributed by atoms with Gasteiger partial charge in [0.15, 0.2) is 0 Å². The van der Waals surface area contributed by atoms with E-state index in [2.05, 4.69) is 17.1 Å². The van der Waals surface area contributed by atoms with E-state index in [9.17, 15) is 4.79 Å². The lowest BCUT2D eigenvalue weighted by atomic mass is 10.1. The molecule has 0 fully saturated rings. The molecule has 64 valence electrons. The van der Waals surface area contributed by atoms with Gasteiger partial charge in [0.2, 0.25) is 0 Å². The van der Waals surface area contributed by atoms with Crippen molar-refractivity contribution >= 4 is 0 Å². The van der Waals surface area contributed by atoms with Crippen LogP contribution in [0.3, 0.4) is 0 Å². The molecule has 1 heterocycles. The van der Waals surface area contributed by atoms with Crippen LogP contribution in [0.5, 0.6) is 0 Å². The minimum Gasteiger partial charge on any atom is -0.268 e. The topological polar surface area (TPSA) is 45.8 Å². The second kappa shape index (κ2) is 2.73. The Morgan fingerprint density at radius 1 is 1.42 bits per heavy atom. The molecule has 0 aromatic carbocycles. The van der Waals surface area contributed by atoms with Crippen LogP contribution >= 0.6 is 0 Å². The number of nitrogens with one attached hydrogen (secondary N) is 1. The molecular weight excluding hydrogens is 152 g/mol. The Hall–Kier alpha value is -1.12. The zero-order valence-electron chi connectivity index (χ0n) is 7.18. The highest BCUT2D eigenvalue weighted by Gasteiger charge is 2.17. The number of hydrogen-bond acceptors (Lipinski definition) is 2. The zero-order valence-corrected chi connectivity index (χ0v) is 7.18. The first-order chi connectivity index (χ1) is 5.83. The maximum absolute atomic E-state index is 11.3. The molecule has 0 unspecified atom stereocenters. The Labute approximate surface area is 70.8 Å². The first-order valence-electron chi connectivity index (χ1n) is 4.42. The largest absolute Gasteiger partial charge is 0.268 e. The van der Waals surface area contributed by atoms with Crippen LogP contribution in [0.1, 0.15) is 30.2 Å². The van der Waals surface area contributed by atoms with Gasteiger partial charge in [0, 0.05) is 5.56 Å². The molecular formula is C9H12N2O. The average molecular weight is 164 g/mol. The fourth-order valence-corrected chi connectivity index (χ4v) is 1.86. The lowest BCUT2D eigenvalue weighted by Crippen LogP contribution is -2.16. The first-order valence-corrected chi connectivity index (χ1v) is 4.42. The van der Waals surface area contributed by atoms with E-state index in [1.165, 1.54) is 5.56 Å². The molecule has 1 aliphatic rings. The van der Waals surface area contributed by atoms with Crippen LogP contribution in [0.2, 0.25) is 0 Å². The number of rotatable bonds is 1. The Morgan fingerprint density at radius 2 is 2.17 bits per heavy atom. The highest BCUT2D eigenvalue weighted by atomic mass is 16.1. The first kappa shape index (κ1) is 7.53. The summed E-state index contributed by atoms with van der Waals surface area (Å²) in [6, 6.07) is 0. The van der Waals surface area contributed by atoms with Crippen LogP contribution < -0.4 is 5.56 Å². The zero-order chi connectivity index (χ0) is 8.55. The van der Waals surface area contributed by atoms with E-state index >= 15 is 0 Å². The van der Waals surface area contributed by atoms with Gasteiger partial charge in [-0.15, -0.1) is 0 Å². The van der Waals surface area contributed by atoms with Crippen molar-refractivity contribution in [3.8, 4) is 0 Å². The third kappa shape index (κ3) is 0.967. The van der Waals surface area contributed by atoms with E-state index < -0.39 is 0 Å². The molecule has 0 aliphatic heterocycles. The quantitative estimate of drug-likeness (QED) is 0.668. The van der Waals surface area contributed by atoms with E-state index in [1.54, 1.807) is 0 Å². The number of fused-ring (bicyclic) bond motifs is 1. The predicted octanol–water partition coefficient (Wildman–Crippen LogP) is 0.821. The van der Waals surface area contributed by atoms with Crippen LogP contribution in [0.4, 0.5) is 0 Å². The summed E-state index contributed by atoms with van der Waals surface area (Å²) < 4.78 is 0. The van der Waals surface area contributed by atoms with Crippen molar-refractivity contribution in [1.29, 1.82) is 0 Å². The molecule has 3 nitrogen and oxygen atoms in total. The summed E-state index contributed by atoms with van der Waals surface area (Å²) in [5.74, 6) is 0. The number of aryl methyl sites for hydroxylation is 1. The molecule has 1 aromatic rings. The second-order valence-electron chi connectivity index (χ2n) is 3.16. The molecule has 1 aliphatic carbocycles. The molecule has 0 saturated carbocycles. The SMILES string of the molecule is CCc1n[nH]c(=O)c2c1CCC2. The van der Waals surface area contributed by atoms with Crippen LogP contribution in [0.25, 0.3) is 0 Å². The van der Waals surface area contributed by atoms with Crippen molar-refractivity contribution in [2.24, 2.45) is 0 Å². The Kier molecular flexibility index (Phi) is 1.71. The van der Waals surface area contributed by atoms with Gasteiger partial charge in [0.25, 0.3) is 5.56 Å². The number of H-pyrrole nitrogens is 1. The van der Waals surface area contributed by atoms with Gasteiger partial charge in [-0.05, 0) is 31.2 Å². The third-order valence-electron chi connectivity index (χ3n) is 2.47. The van der Waals surface area contributed by atoms with E-state index in [1.807, 2.05) is 0 Å². The smallest absolute Gasteiger partial charge is 0.267 e. The molecule has 0 radical (unpaired) electrons. The normalized spacial score (nSPS) is 14.8. The van der Waals surface area contributed by atoms with Gasteiger partial charge in [-0.2, -0.15) is 5.10 Å². The lowest BCUT2D eigenvalue weighted by molar-refractivity contribution is 0.862. The standard InChI is InChI=1S/C9H12N2O/c1-2-8-6-4-3-5-7(6)9(12)11-10-8/h2-5H2,1H3,(H,11,12). The summed E-state index contributed by atoms with van der Waals surface area (Å²) in [5, 5.41) is 6.58. The van der Waals surface area contributed by atoms with Gasteiger partial charge in [-0.1, -0.05) is 6.92 Å². The summed E-state index contributed by atoms with van der Waals surface area (Å²) in [6.45, 7) is 2.07. The molecule has 1 aromatic heterocycles. The minimum absolute atomic E-state index is 0.0136. The predicted molar refractivity (Wildman–Crippen MR) is 46.3 cm³/mol. The van der Waals surface area contributed by atoms with Gasteiger partial charge in [0.1, 0.15) is 0 Å². The van der Waals surface area contributed by atoms with Crippen molar-refractivity contribution in [1.82, 2.24) is 10.2 Å². The van der Waals surface area contributed by atoms with Gasteiger partial charge in [0.05, 0.1) is 5.69 Å². The van der Waals surface area contributed by atoms with E-state index in [0.717, 1.165) is 36.9 Å². The number of hydrogen-bond donors (Lipinski definition) is 1. The fourth-order valence-electron chi connectivity index (χ4n) is 1.86. The van der Waals surface area contributed by atoms with E-state index in [0.29, 0.717) is 0 Å². The van der Waals surface area contributed by atoms with Crippen molar-refractivity contribution in [3.05, 3.63) is 27.2 Å². The van der Waals surface area contributed by atoms with Gasteiger partial charge in [-0.25, -0.2) is 5.10 Å². The van der Waals surface area contributed by atoms with Gasteiger partial charge < -0.3 is 0 Å². The van der Waals surface area contributed by atoms with Crippen molar-refractivity contribution < 1.29 is 0 Å². The highest BCUT2D eigenvalue weighted by molar-refractivity contribution is 5.31. The monoisotopic (exact) mass is 164 g/mol. The molecule has 1 N–H and O–H groups in total. The van der Waals surface area contributed by atoms with Crippen LogP contribution in [-0.4, -0.2) is 10.2 Å². The molecule has 0 saturated heterocycles. The summed E-state index contributed by atoms with van der Waals surface area (Å²) >= 11 is 0. The van der Waals surface area contributed by atoms with E-state index in [4.69, 9.17) is 0 Å². The highest BCUT2D eigenvalue weighted by Crippen LogP contribution is 2.20. The summed E-state index contributed by atoms with van der Waals surface area (Å²) in [6.07, 6.45) is 3.99. The van der Waals surface area contributed by atoms with E-state index in [-0.39, 0.29) is 5.56 Å². The Morgan fingerprint density at radius 3 is 2.92 bits per heavy atom. The molecule has 0 atom stereocenters. The second-order valence-corrected chi connectivity index (χ2v) is 3.16. The number of nitrogens with zero attached hydrogens (tertiary/aromatic N) is 1. The fraction of sp³-hybridized carbons (Fsp3) is 0.556. The van der Waals surface area contributed by atoms with Crippen LogP contribution in [-0.2, 0) is 19.3 Å². The number of aromatic nitrogens is 2. The molecule has 12 heavy (non-hydrogen) atoms. The van der Waals surface area contributed by atoms with Gasteiger partial charge >= 0.3 is 0 Å². The van der Waals surface area contributed by atoms with Gasteiger partial charge in [-0.3, -0.25) is 4.79 Å².